The molecule has 4 atom stereocenters. The summed E-state index contributed by atoms with van der Waals surface area (Å²) in [5, 5.41) is 13.4. The van der Waals surface area contributed by atoms with Gasteiger partial charge in [-0.25, -0.2) is 0 Å². The van der Waals surface area contributed by atoms with Crippen LogP contribution < -0.4 is 5.32 Å². The van der Waals surface area contributed by atoms with Gasteiger partial charge in [0.2, 0.25) is 0 Å². The fraction of sp³-hybridized carbons (Fsp3) is 1.00. The van der Waals surface area contributed by atoms with E-state index < -0.39 is 5.60 Å². The van der Waals surface area contributed by atoms with Crippen molar-refractivity contribution in [2.45, 2.75) is 44.1 Å². The molecule has 0 saturated heterocycles. The first-order valence-electron chi connectivity index (χ1n) is 6.13. The molecule has 0 aliphatic heterocycles. The van der Waals surface area contributed by atoms with Gasteiger partial charge in [0.1, 0.15) is 0 Å². The van der Waals surface area contributed by atoms with Gasteiger partial charge in [0.05, 0.1) is 17.8 Å². The Hall–Kier alpha value is 0.190. The van der Waals surface area contributed by atoms with Crippen LogP contribution in [-0.4, -0.2) is 61.2 Å². The van der Waals surface area contributed by atoms with E-state index in [9.17, 15) is 5.11 Å². The third-order valence-electron chi connectivity index (χ3n) is 3.10. The first-order chi connectivity index (χ1) is 8.04. The molecular formula is C12H25NO3S. The Bertz CT molecular complexity index is 226. The van der Waals surface area contributed by atoms with E-state index in [4.69, 9.17) is 9.47 Å². The van der Waals surface area contributed by atoms with Crippen molar-refractivity contribution in [2.75, 3.05) is 32.3 Å². The summed E-state index contributed by atoms with van der Waals surface area (Å²) in [6.45, 7) is 5.17. The van der Waals surface area contributed by atoms with Crippen molar-refractivity contribution in [1.29, 1.82) is 0 Å². The van der Waals surface area contributed by atoms with Crippen LogP contribution in [0.15, 0.2) is 0 Å². The molecule has 0 aromatic heterocycles. The Labute approximate surface area is 108 Å². The van der Waals surface area contributed by atoms with Crippen molar-refractivity contribution in [3.05, 3.63) is 0 Å². The molecule has 4 nitrogen and oxygen atoms in total. The maximum atomic E-state index is 10.1. The number of rotatable bonds is 8. The summed E-state index contributed by atoms with van der Waals surface area (Å²) in [5.74, 6) is 0.735. The lowest BCUT2D eigenvalue weighted by Crippen LogP contribution is -2.61. The molecule has 0 spiro atoms. The van der Waals surface area contributed by atoms with Gasteiger partial charge < -0.3 is 19.9 Å². The normalized spacial score (nSPS) is 31.9. The van der Waals surface area contributed by atoms with E-state index in [2.05, 4.69) is 5.32 Å². The zero-order valence-electron chi connectivity index (χ0n) is 11.2. The second-order valence-electron chi connectivity index (χ2n) is 4.85. The summed E-state index contributed by atoms with van der Waals surface area (Å²) < 4.78 is 11.0. The van der Waals surface area contributed by atoms with E-state index in [1.807, 2.05) is 20.1 Å². The fourth-order valence-corrected chi connectivity index (χ4v) is 2.91. The number of thioether (sulfide) groups is 1. The minimum atomic E-state index is -0.658. The van der Waals surface area contributed by atoms with Crippen molar-refractivity contribution >= 4 is 11.8 Å². The van der Waals surface area contributed by atoms with Crippen molar-refractivity contribution < 1.29 is 14.6 Å². The van der Waals surface area contributed by atoms with E-state index in [1.54, 1.807) is 18.9 Å². The van der Waals surface area contributed by atoms with Crippen LogP contribution in [0.3, 0.4) is 0 Å². The number of nitrogens with one attached hydrogen (secondary N) is 1. The van der Waals surface area contributed by atoms with Crippen LogP contribution in [0, 0.1) is 0 Å². The topological polar surface area (TPSA) is 50.7 Å². The van der Waals surface area contributed by atoms with Gasteiger partial charge in [-0.15, -0.1) is 0 Å². The Kier molecular flexibility index (Phi) is 6.23. The summed E-state index contributed by atoms with van der Waals surface area (Å²) in [6, 6.07) is 0.296. The smallest absolute Gasteiger partial charge is 0.0986 e. The molecule has 0 amide bonds. The Morgan fingerprint density at radius 1 is 1.53 bits per heavy atom. The number of aliphatic hydroxyl groups is 1. The molecule has 0 radical (unpaired) electrons. The summed E-state index contributed by atoms with van der Waals surface area (Å²) in [7, 11) is 1.71. The highest BCUT2D eigenvalue weighted by Crippen LogP contribution is 2.27. The predicted octanol–water partition coefficient (Wildman–Crippen LogP) is 0.882. The molecule has 0 aromatic carbocycles. The molecular weight excluding hydrogens is 238 g/mol. The average Bonchev–Trinajstić information content (AvgIpc) is 2.22. The molecule has 5 heteroatoms. The standard InChI is InChI=1S/C12H25NO3S/c1-5-16-10-6-9(11(10)15-3)13-7-12(2,14)8-17-4/h9-11,13-14H,5-8H2,1-4H3. The van der Waals surface area contributed by atoms with Gasteiger partial charge in [-0.3, -0.25) is 0 Å². The van der Waals surface area contributed by atoms with Crippen LogP contribution in [0.5, 0.6) is 0 Å². The van der Waals surface area contributed by atoms with E-state index in [0.717, 1.165) is 18.8 Å². The van der Waals surface area contributed by atoms with Crippen molar-refractivity contribution in [3.8, 4) is 0 Å². The minimum Gasteiger partial charge on any atom is -0.388 e. The maximum absolute atomic E-state index is 10.1. The van der Waals surface area contributed by atoms with E-state index in [1.165, 1.54) is 0 Å². The number of hydrogen-bond donors (Lipinski definition) is 2. The molecule has 4 unspecified atom stereocenters. The van der Waals surface area contributed by atoms with E-state index in [-0.39, 0.29) is 12.2 Å². The molecule has 102 valence electrons. The fourth-order valence-electron chi connectivity index (χ4n) is 2.19. The highest BCUT2D eigenvalue weighted by molar-refractivity contribution is 7.98. The first kappa shape index (κ1) is 15.2. The lowest BCUT2D eigenvalue weighted by molar-refractivity contribution is -0.133. The molecule has 1 rings (SSSR count). The van der Waals surface area contributed by atoms with Gasteiger partial charge in [-0.1, -0.05) is 0 Å². The molecule has 2 N–H and O–H groups in total. The number of ether oxygens (including phenoxy) is 2. The molecule has 1 saturated carbocycles. The van der Waals surface area contributed by atoms with E-state index in [0.29, 0.717) is 12.6 Å². The molecule has 1 aliphatic rings. The van der Waals surface area contributed by atoms with Gasteiger partial charge >= 0.3 is 0 Å². The van der Waals surface area contributed by atoms with Crippen LogP contribution in [0.2, 0.25) is 0 Å². The summed E-state index contributed by atoms with van der Waals surface area (Å²) >= 11 is 1.66. The van der Waals surface area contributed by atoms with Gasteiger partial charge in [-0.05, 0) is 26.5 Å². The second-order valence-corrected chi connectivity index (χ2v) is 5.71. The molecule has 0 heterocycles. The number of hydrogen-bond acceptors (Lipinski definition) is 5. The van der Waals surface area contributed by atoms with Gasteiger partial charge in [0.25, 0.3) is 0 Å². The molecule has 17 heavy (non-hydrogen) atoms. The van der Waals surface area contributed by atoms with Crippen molar-refractivity contribution in [2.24, 2.45) is 0 Å². The summed E-state index contributed by atoms with van der Waals surface area (Å²) in [5.41, 5.74) is -0.658. The molecule has 1 fully saturated rings. The third-order valence-corrected chi connectivity index (χ3v) is 4.01. The van der Waals surface area contributed by atoms with Gasteiger partial charge in [-0.2, -0.15) is 11.8 Å². The first-order valence-corrected chi connectivity index (χ1v) is 7.52. The van der Waals surface area contributed by atoms with Crippen LogP contribution in [0.1, 0.15) is 20.3 Å². The van der Waals surface area contributed by atoms with Crippen molar-refractivity contribution in [3.63, 3.8) is 0 Å². The monoisotopic (exact) mass is 263 g/mol. The van der Waals surface area contributed by atoms with Crippen molar-refractivity contribution in [1.82, 2.24) is 5.32 Å². The second kappa shape index (κ2) is 6.95. The summed E-state index contributed by atoms with van der Waals surface area (Å²) in [4.78, 5) is 0. The molecule has 0 aromatic rings. The van der Waals surface area contributed by atoms with Crippen LogP contribution in [0.25, 0.3) is 0 Å². The lowest BCUT2D eigenvalue weighted by atomic mass is 9.84. The largest absolute Gasteiger partial charge is 0.388 e. The average molecular weight is 263 g/mol. The SMILES string of the molecule is CCOC1CC(NCC(C)(O)CSC)C1OC. The Morgan fingerprint density at radius 3 is 2.76 bits per heavy atom. The highest BCUT2D eigenvalue weighted by atomic mass is 32.2. The predicted molar refractivity (Wildman–Crippen MR) is 71.6 cm³/mol. The zero-order chi connectivity index (χ0) is 12.9. The number of methoxy groups -OCH3 is 1. The minimum absolute atomic E-state index is 0.111. The molecule has 0 bridgehead atoms. The zero-order valence-corrected chi connectivity index (χ0v) is 12.0. The quantitative estimate of drug-likeness (QED) is 0.681. The third kappa shape index (κ3) is 4.41. The highest BCUT2D eigenvalue weighted by Gasteiger charge is 2.42. The van der Waals surface area contributed by atoms with Gasteiger partial charge in [0, 0.05) is 32.1 Å². The van der Waals surface area contributed by atoms with Gasteiger partial charge in [0.15, 0.2) is 0 Å². The maximum Gasteiger partial charge on any atom is 0.0986 e. The lowest BCUT2D eigenvalue weighted by Gasteiger charge is -2.44. The Balaban J connectivity index is 2.29. The van der Waals surface area contributed by atoms with E-state index >= 15 is 0 Å². The van der Waals surface area contributed by atoms with Crippen LogP contribution in [0.4, 0.5) is 0 Å². The molecule has 1 aliphatic carbocycles. The Morgan fingerprint density at radius 2 is 2.24 bits per heavy atom. The van der Waals surface area contributed by atoms with Crippen LogP contribution >= 0.6 is 11.8 Å². The van der Waals surface area contributed by atoms with Crippen LogP contribution in [-0.2, 0) is 9.47 Å². The summed E-state index contributed by atoms with van der Waals surface area (Å²) in [6.07, 6.45) is 3.27.